The van der Waals surface area contributed by atoms with Crippen molar-refractivity contribution in [2.75, 3.05) is 5.32 Å². The van der Waals surface area contributed by atoms with E-state index in [4.69, 9.17) is 4.42 Å². The summed E-state index contributed by atoms with van der Waals surface area (Å²) >= 11 is 3.23. The van der Waals surface area contributed by atoms with Crippen LogP contribution in [0.3, 0.4) is 0 Å². The zero-order valence-electron chi connectivity index (χ0n) is 8.59. The fourth-order valence-corrected chi connectivity index (χ4v) is 1.46. The van der Waals surface area contributed by atoms with E-state index >= 15 is 0 Å². The van der Waals surface area contributed by atoms with Crippen LogP contribution in [0.15, 0.2) is 39.5 Å². The molecule has 0 fully saturated rings. The van der Waals surface area contributed by atoms with E-state index < -0.39 is 4.92 Å². The molecule has 1 N–H and O–H groups in total. The summed E-state index contributed by atoms with van der Waals surface area (Å²) in [6.45, 7) is 0.372. The molecule has 2 heterocycles. The number of nitrogens with one attached hydrogen (secondary N) is 1. The quantitative estimate of drug-likeness (QED) is 0.533. The van der Waals surface area contributed by atoms with Crippen molar-refractivity contribution < 1.29 is 9.34 Å². The average Bonchev–Trinajstić information content (AvgIpc) is 2.77. The van der Waals surface area contributed by atoms with Gasteiger partial charge in [0.05, 0.1) is 24.5 Å². The molecule has 17 heavy (non-hydrogen) atoms. The lowest BCUT2D eigenvalue weighted by molar-refractivity contribution is -0.402. The molecular formula is C10H8BrN3O3. The number of pyridine rings is 1. The van der Waals surface area contributed by atoms with Gasteiger partial charge in [0.2, 0.25) is 0 Å². The summed E-state index contributed by atoms with van der Waals surface area (Å²) in [7, 11) is 0. The fraction of sp³-hybridized carbons (Fsp3) is 0.100. The van der Waals surface area contributed by atoms with Gasteiger partial charge in [0, 0.05) is 0 Å². The van der Waals surface area contributed by atoms with Gasteiger partial charge in [-0.1, -0.05) is 0 Å². The molecule has 0 atom stereocenters. The van der Waals surface area contributed by atoms with Gasteiger partial charge in [-0.15, -0.1) is 0 Å². The van der Waals surface area contributed by atoms with Crippen molar-refractivity contribution >= 4 is 27.5 Å². The van der Waals surface area contributed by atoms with Crippen LogP contribution in [0.1, 0.15) is 5.76 Å². The Labute approximate surface area is 105 Å². The summed E-state index contributed by atoms with van der Waals surface area (Å²) < 4.78 is 5.75. The third-order valence-corrected chi connectivity index (χ3v) is 2.49. The Kier molecular flexibility index (Phi) is 3.38. The van der Waals surface area contributed by atoms with Gasteiger partial charge >= 0.3 is 5.88 Å². The minimum Gasteiger partial charge on any atom is -0.404 e. The smallest absolute Gasteiger partial charge is 0.404 e. The van der Waals surface area contributed by atoms with Crippen LogP contribution in [0.5, 0.6) is 0 Å². The molecule has 0 saturated carbocycles. The maximum absolute atomic E-state index is 10.4. The number of hydrogen-bond donors (Lipinski definition) is 1. The number of aromatic nitrogens is 1. The Morgan fingerprint density at radius 1 is 1.41 bits per heavy atom. The maximum atomic E-state index is 10.4. The van der Waals surface area contributed by atoms with Gasteiger partial charge < -0.3 is 9.73 Å². The monoisotopic (exact) mass is 297 g/mol. The van der Waals surface area contributed by atoms with Gasteiger partial charge in [-0.3, -0.25) is 10.1 Å². The second-order valence-corrected chi connectivity index (χ2v) is 4.03. The van der Waals surface area contributed by atoms with Gasteiger partial charge in [0.1, 0.15) is 15.3 Å². The highest BCUT2D eigenvalue weighted by atomic mass is 79.9. The van der Waals surface area contributed by atoms with Crippen LogP contribution < -0.4 is 5.32 Å². The molecular weight excluding hydrogens is 290 g/mol. The first kappa shape index (κ1) is 11.6. The maximum Gasteiger partial charge on any atom is 0.433 e. The van der Waals surface area contributed by atoms with E-state index in [0.29, 0.717) is 12.3 Å². The van der Waals surface area contributed by atoms with Crippen molar-refractivity contribution in [3.63, 3.8) is 0 Å². The van der Waals surface area contributed by atoms with Gasteiger partial charge in [-0.05, 0) is 34.1 Å². The number of furan rings is 1. The molecule has 0 radical (unpaired) electrons. The predicted molar refractivity (Wildman–Crippen MR) is 64.6 cm³/mol. The minimum absolute atomic E-state index is 0.254. The Morgan fingerprint density at radius 3 is 2.82 bits per heavy atom. The Balaban J connectivity index is 1.97. The molecule has 2 aromatic heterocycles. The van der Waals surface area contributed by atoms with Crippen molar-refractivity contribution in [2.45, 2.75) is 6.54 Å². The molecule has 0 saturated heterocycles. The van der Waals surface area contributed by atoms with Crippen LogP contribution >= 0.6 is 15.9 Å². The largest absolute Gasteiger partial charge is 0.433 e. The predicted octanol–water partition coefficient (Wildman–Crippen LogP) is 2.96. The van der Waals surface area contributed by atoms with E-state index in [1.54, 1.807) is 18.3 Å². The van der Waals surface area contributed by atoms with Crippen LogP contribution in [0, 0.1) is 10.1 Å². The van der Waals surface area contributed by atoms with Gasteiger partial charge in [-0.2, -0.15) is 0 Å². The molecule has 0 aliphatic heterocycles. The highest BCUT2D eigenvalue weighted by molar-refractivity contribution is 9.10. The Bertz CT molecular complexity index is 524. The van der Waals surface area contributed by atoms with Gasteiger partial charge in [0.15, 0.2) is 0 Å². The molecule has 0 aliphatic rings. The van der Waals surface area contributed by atoms with Crippen molar-refractivity contribution in [1.82, 2.24) is 4.98 Å². The average molecular weight is 298 g/mol. The molecule has 0 aliphatic carbocycles. The van der Waals surface area contributed by atoms with Crippen LogP contribution in [0.4, 0.5) is 11.6 Å². The number of halogens is 1. The van der Waals surface area contributed by atoms with Crippen molar-refractivity contribution in [2.24, 2.45) is 0 Å². The highest BCUT2D eigenvalue weighted by Gasteiger charge is 2.11. The van der Waals surface area contributed by atoms with E-state index in [-0.39, 0.29) is 5.88 Å². The first-order valence-electron chi connectivity index (χ1n) is 4.73. The molecule has 0 amide bonds. The summed E-state index contributed by atoms with van der Waals surface area (Å²) in [6, 6.07) is 6.54. The van der Waals surface area contributed by atoms with E-state index in [1.807, 2.05) is 6.07 Å². The third kappa shape index (κ3) is 3.04. The lowest BCUT2D eigenvalue weighted by atomic mass is 10.4. The molecule has 6 nitrogen and oxygen atoms in total. The van der Waals surface area contributed by atoms with Crippen molar-refractivity contribution in [3.05, 3.63) is 50.9 Å². The zero-order valence-corrected chi connectivity index (χ0v) is 10.2. The van der Waals surface area contributed by atoms with Crippen molar-refractivity contribution in [1.29, 1.82) is 0 Å². The van der Waals surface area contributed by atoms with Crippen LogP contribution in [-0.2, 0) is 6.54 Å². The summed E-state index contributed by atoms with van der Waals surface area (Å²) in [6.07, 6.45) is 1.65. The number of nitro groups is 1. The molecule has 7 heteroatoms. The Morgan fingerprint density at radius 2 is 2.24 bits per heavy atom. The third-order valence-electron chi connectivity index (χ3n) is 2.02. The lowest BCUT2D eigenvalue weighted by Crippen LogP contribution is -1.98. The van der Waals surface area contributed by atoms with Crippen LogP contribution in [0.2, 0.25) is 0 Å². The molecule has 0 bridgehead atoms. The highest BCUT2D eigenvalue weighted by Crippen LogP contribution is 2.17. The SMILES string of the molecule is O=[N+]([O-])c1ccc(CNc2ccc(Br)nc2)o1. The topological polar surface area (TPSA) is 81.2 Å². The first-order chi connectivity index (χ1) is 8.15. The van der Waals surface area contributed by atoms with E-state index in [9.17, 15) is 10.1 Å². The molecule has 2 rings (SSSR count). The number of rotatable bonds is 4. The second-order valence-electron chi connectivity index (χ2n) is 3.22. The van der Waals surface area contributed by atoms with Crippen LogP contribution in [0.25, 0.3) is 0 Å². The molecule has 0 spiro atoms. The first-order valence-corrected chi connectivity index (χ1v) is 5.53. The van der Waals surface area contributed by atoms with E-state index in [2.05, 4.69) is 26.2 Å². The summed E-state index contributed by atoms with van der Waals surface area (Å²) in [5.74, 6) is 0.246. The number of anilines is 1. The lowest BCUT2D eigenvalue weighted by Gasteiger charge is -2.02. The summed E-state index contributed by atoms with van der Waals surface area (Å²) in [5.41, 5.74) is 0.812. The number of hydrogen-bond acceptors (Lipinski definition) is 5. The van der Waals surface area contributed by atoms with Crippen molar-refractivity contribution in [3.8, 4) is 0 Å². The fourth-order valence-electron chi connectivity index (χ4n) is 1.23. The molecule has 0 unspecified atom stereocenters. The standard InChI is InChI=1S/C10H8BrN3O3/c11-9-3-1-7(5-13-9)12-6-8-2-4-10(17-8)14(15)16/h1-5,12H,6H2. The zero-order chi connectivity index (χ0) is 12.3. The van der Waals surface area contributed by atoms with E-state index in [0.717, 1.165) is 10.3 Å². The second kappa shape index (κ2) is 4.96. The molecule has 2 aromatic rings. The molecule has 88 valence electrons. The molecule has 0 aromatic carbocycles. The van der Waals surface area contributed by atoms with Gasteiger partial charge in [-0.25, -0.2) is 4.98 Å². The van der Waals surface area contributed by atoms with E-state index in [1.165, 1.54) is 6.07 Å². The summed E-state index contributed by atoms with van der Waals surface area (Å²) in [4.78, 5) is 13.9. The summed E-state index contributed by atoms with van der Waals surface area (Å²) in [5, 5.41) is 13.4. The van der Waals surface area contributed by atoms with Crippen LogP contribution in [-0.4, -0.2) is 9.91 Å². The Hall–Kier alpha value is -1.89. The normalized spacial score (nSPS) is 10.2. The van der Waals surface area contributed by atoms with Gasteiger partial charge in [0.25, 0.3) is 0 Å². The minimum atomic E-state index is -0.565. The number of nitrogens with zero attached hydrogens (tertiary/aromatic N) is 2.